The third-order valence-electron chi connectivity index (χ3n) is 14.4. The summed E-state index contributed by atoms with van der Waals surface area (Å²) in [5, 5.41) is 30.1. The molecule has 4 heterocycles. The van der Waals surface area contributed by atoms with E-state index in [2.05, 4.69) is 109 Å². The third kappa shape index (κ3) is 5.83. The monoisotopic (exact) mass is 932 g/mol. The lowest BCUT2D eigenvalue weighted by Gasteiger charge is -2.20. The van der Waals surface area contributed by atoms with E-state index in [-0.39, 0.29) is 11.1 Å². The van der Waals surface area contributed by atoms with E-state index in [1.807, 2.05) is 115 Å². The van der Waals surface area contributed by atoms with Gasteiger partial charge in [0.05, 0.1) is 72.7 Å². The van der Waals surface area contributed by atoms with E-state index in [1.165, 1.54) is 6.07 Å². The maximum atomic E-state index is 14.9. The van der Waals surface area contributed by atoms with Crippen molar-refractivity contribution in [2.75, 3.05) is 0 Å². The van der Waals surface area contributed by atoms with Crippen LogP contribution < -0.4 is 0 Å². The summed E-state index contributed by atoms with van der Waals surface area (Å²) in [7, 11) is 0. The van der Waals surface area contributed by atoms with Crippen LogP contribution in [0, 0.1) is 22.7 Å². The summed E-state index contributed by atoms with van der Waals surface area (Å²) in [6.07, 6.45) is -4.74. The normalized spacial score (nSPS) is 12.1. The number of para-hydroxylation sites is 6. The molecule has 0 atom stereocenters. The van der Waals surface area contributed by atoms with Gasteiger partial charge in [-0.25, -0.2) is 0 Å². The predicted molar refractivity (Wildman–Crippen MR) is 284 cm³/mol. The number of rotatable bonds is 5. The summed E-state index contributed by atoms with van der Waals surface area (Å²) in [4.78, 5) is 0. The second kappa shape index (κ2) is 15.3. The van der Waals surface area contributed by atoms with Crippen LogP contribution in [0.2, 0.25) is 0 Å². The molecule has 4 aromatic heterocycles. The molecule has 14 aromatic rings. The zero-order chi connectivity index (χ0) is 48.4. The maximum absolute atomic E-state index is 14.9. The molecular formula is C63H35F3N6. The quantitative estimate of drug-likeness (QED) is 0.173. The topological polar surface area (TPSA) is 67.3 Å². The number of nitrogens with zero attached hydrogens (tertiary/aromatic N) is 6. The van der Waals surface area contributed by atoms with Crippen LogP contribution in [0.25, 0.3) is 121 Å². The molecule has 0 aliphatic rings. The molecule has 9 heteroatoms. The molecule has 338 valence electrons. The molecule has 0 spiro atoms. The number of nitriles is 2. The number of halogens is 3. The fourth-order valence-corrected chi connectivity index (χ4v) is 11.5. The average Bonchev–Trinajstić information content (AvgIpc) is 4.16. The SMILES string of the molecule is N#Cc1cc(-c2cc(-n3c4ccccc4c4ccc5c6ccccc6n(-c6ccccc6)c5c43)c(C#N)c(-n3c4ccccc4c4ccc5c6ccccc6n(-c6ccccc6)c5c43)c2)cc(C(F)(F)F)c1. The van der Waals surface area contributed by atoms with Crippen LogP contribution >= 0.6 is 0 Å². The van der Waals surface area contributed by atoms with Crippen LogP contribution in [-0.4, -0.2) is 18.3 Å². The van der Waals surface area contributed by atoms with E-state index in [4.69, 9.17) is 0 Å². The van der Waals surface area contributed by atoms with Gasteiger partial charge < -0.3 is 18.3 Å². The second-order valence-electron chi connectivity index (χ2n) is 18.2. The van der Waals surface area contributed by atoms with Gasteiger partial charge >= 0.3 is 6.18 Å². The molecule has 0 amide bonds. The van der Waals surface area contributed by atoms with Crippen LogP contribution in [-0.2, 0) is 6.18 Å². The number of aromatic nitrogens is 4. The summed E-state index contributed by atoms with van der Waals surface area (Å²) < 4.78 is 53.4. The minimum absolute atomic E-state index is 0.135. The second-order valence-corrected chi connectivity index (χ2v) is 18.2. The Morgan fingerprint density at radius 2 is 0.681 bits per heavy atom. The molecule has 0 radical (unpaired) electrons. The van der Waals surface area contributed by atoms with Crippen LogP contribution in [0.5, 0.6) is 0 Å². The summed E-state index contributed by atoms with van der Waals surface area (Å²) in [5.74, 6) is 0. The Bertz CT molecular complexity index is 4440. The van der Waals surface area contributed by atoms with Crippen molar-refractivity contribution in [1.82, 2.24) is 18.3 Å². The Labute approximate surface area is 408 Å². The third-order valence-corrected chi connectivity index (χ3v) is 14.4. The smallest absolute Gasteiger partial charge is 0.307 e. The van der Waals surface area contributed by atoms with Gasteiger partial charge in [-0.3, -0.25) is 0 Å². The maximum Gasteiger partial charge on any atom is 0.416 e. The highest BCUT2D eigenvalue weighted by molar-refractivity contribution is 6.25. The molecule has 0 aliphatic carbocycles. The van der Waals surface area contributed by atoms with Gasteiger partial charge in [0.15, 0.2) is 0 Å². The lowest BCUT2D eigenvalue weighted by atomic mass is 9.96. The number of alkyl halides is 3. The van der Waals surface area contributed by atoms with E-state index in [9.17, 15) is 23.7 Å². The molecule has 0 fully saturated rings. The molecule has 0 bridgehead atoms. The van der Waals surface area contributed by atoms with E-state index < -0.39 is 11.7 Å². The van der Waals surface area contributed by atoms with Gasteiger partial charge in [0.25, 0.3) is 0 Å². The molecule has 72 heavy (non-hydrogen) atoms. The predicted octanol–water partition coefficient (Wildman–Crippen LogP) is 16.5. The first-order valence-corrected chi connectivity index (χ1v) is 23.5. The van der Waals surface area contributed by atoms with Gasteiger partial charge in [-0.1, -0.05) is 133 Å². The number of benzene rings is 10. The Kier molecular flexibility index (Phi) is 8.77. The highest BCUT2D eigenvalue weighted by atomic mass is 19.4. The van der Waals surface area contributed by atoms with Crippen molar-refractivity contribution in [2.45, 2.75) is 6.18 Å². The van der Waals surface area contributed by atoms with Crippen LogP contribution in [0.3, 0.4) is 0 Å². The lowest BCUT2D eigenvalue weighted by Crippen LogP contribution is -2.08. The van der Waals surface area contributed by atoms with Crippen LogP contribution in [0.15, 0.2) is 212 Å². The molecule has 0 saturated carbocycles. The van der Waals surface area contributed by atoms with E-state index in [0.717, 1.165) is 111 Å². The van der Waals surface area contributed by atoms with E-state index in [1.54, 1.807) is 0 Å². The summed E-state index contributed by atoms with van der Waals surface area (Å²) in [6, 6.07) is 73.5. The standard InChI is InChI=1S/C63H35F3N6/c64-63(65,66)41-32-38(36-67)31-39(33-41)40-34-57(71-55-25-13-9-21-46(55)50-29-27-48-44-19-7-11-23-53(44)69(59(48)61(50)71)42-15-3-1-4-16-42)52(37-68)58(35-40)72-56-26-14-10-22-47(56)51-30-28-49-45-20-8-12-24-54(45)70(60(49)62(51)72)43-17-5-2-6-18-43/h1-35H. The number of hydrogen-bond acceptors (Lipinski definition) is 2. The van der Waals surface area contributed by atoms with Crippen molar-refractivity contribution in [2.24, 2.45) is 0 Å². The van der Waals surface area contributed by atoms with E-state index >= 15 is 0 Å². The lowest BCUT2D eigenvalue weighted by molar-refractivity contribution is -0.137. The minimum Gasteiger partial charge on any atom is -0.307 e. The van der Waals surface area contributed by atoms with Gasteiger partial charge in [-0.15, -0.1) is 0 Å². The first-order chi connectivity index (χ1) is 35.3. The molecule has 6 nitrogen and oxygen atoms in total. The molecule has 14 rings (SSSR count). The molecule has 0 N–H and O–H groups in total. The van der Waals surface area contributed by atoms with Crippen LogP contribution in [0.4, 0.5) is 13.2 Å². The van der Waals surface area contributed by atoms with Crippen molar-refractivity contribution < 1.29 is 13.2 Å². The summed E-state index contributed by atoms with van der Waals surface area (Å²) in [5.41, 5.74) is 9.67. The molecule has 0 unspecified atom stereocenters. The Balaban J connectivity index is 1.22. The highest BCUT2D eigenvalue weighted by Gasteiger charge is 2.32. The fraction of sp³-hybridized carbons (Fsp3) is 0.0159. The summed E-state index contributed by atoms with van der Waals surface area (Å²) >= 11 is 0. The number of hydrogen-bond donors (Lipinski definition) is 0. The van der Waals surface area contributed by atoms with Crippen molar-refractivity contribution in [1.29, 1.82) is 10.5 Å². The Hall–Kier alpha value is -9.83. The van der Waals surface area contributed by atoms with Crippen molar-refractivity contribution in [3.05, 3.63) is 229 Å². The van der Waals surface area contributed by atoms with Gasteiger partial charge in [-0.2, -0.15) is 23.7 Å². The fourth-order valence-electron chi connectivity index (χ4n) is 11.5. The molecule has 0 aliphatic heterocycles. The molecule has 0 saturated heterocycles. The minimum atomic E-state index is -4.74. The van der Waals surface area contributed by atoms with Crippen molar-refractivity contribution in [3.63, 3.8) is 0 Å². The van der Waals surface area contributed by atoms with Gasteiger partial charge in [-0.05, 0) is 90.0 Å². The largest absolute Gasteiger partial charge is 0.416 e. The Morgan fingerprint density at radius 3 is 1.06 bits per heavy atom. The molecular weight excluding hydrogens is 898 g/mol. The zero-order valence-electron chi connectivity index (χ0n) is 38.0. The number of fused-ring (bicyclic) bond motifs is 14. The first kappa shape index (κ1) is 41.2. The van der Waals surface area contributed by atoms with Gasteiger partial charge in [0.1, 0.15) is 11.6 Å². The van der Waals surface area contributed by atoms with Gasteiger partial charge in [0, 0.05) is 54.5 Å². The zero-order valence-corrected chi connectivity index (χ0v) is 38.0. The summed E-state index contributed by atoms with van der Waals surface area (Å²) in [6.45, 7) is 0. The van der Waals surface area contributed by atoms with E-state index in [0.29, 0.717) is 22.5 Å². The van der Waals surface area contributed by atoms with Crippen molar-refractivity contribution in [3.8, 4) is 46.0 Å². The Morgan fingerprint density at radius 1 is 0.333 bits per heavy atom. The van der Waals surface area contributed by atoms with Gasteiger partial charge in [0.2, 0.25) is 0 Å². The first-order valence-electron chi connectivity index (χ1n) is 23.5. The van der Waals surface area contributed by atoms with Crippen molar-refractivity contribution >= 4 is 87.2 Å². The van der Waals surface area contributed by atoms with Crippen LogP contribution in [0.1, 0.15) is 16.7 Å². The molecule has 10 aromatic carbocycles. The average molecular weight is 933 g/mol. The highest BCUT2D eigenvalue weighted by Crippen LogP contribution is 2.47.